The monoisotopic (exact) mass is 280 g/mol. The van der Waals surface area contributed by atoms with E-state index in [0.29, 0.717) is 6.54 Å². The molecule has 2 rings (SSSR count). The summed E-state index contributed by atoms with van der Waals surface area (Å²) in [7, 11) is 0. The van der Waals surface area contributed by atoms with Gasteiger partial charge in [-0.1, -0.05) is 12.1 Å². The Labute approximate surface area is 118 Å². The maximum Gasteiger partial charge on any atom is 0.217 e. The maximum atomic E-state index is 12.8. The van der Waals surface area contributed by atoms with Crippen molar-refractivity contribution in [1.82, 2.24) is 10.2 Å². The SMILES string of the molecule is CC(=O)NC1CCN(CC(O)c2ccc(F)cc2)CC1. The number of aliphatic hydroxyl groups excluding tert-OH is 1. The molecule has 1 aliphatic heterocycles. The molecule has 0 aliphatic carbocycles. The molecule has 4 nitrogen and oxygen atoms in total. The number of hydrogen-bond acceptors (Lipinski definition) is 3. The Bertz CT molecular complexity index is 442. The Morgan fingerprint density at radius 1 is 1.40 bits per heavy atom. The molecule has 5 heteroatoms. The first kappa shape index (κ1) is 14.9. The summed E-state index contributed by atoms with van der Waals surface area (Å²) in [6, 6.07) is 6.20. The molecule has 2 N–H and O–H groups in total. The predicted octanol–water partition coefficient (Wildman–Crippen LogP) is 1.46. The number of nitrogens with one attached hydrogen (secondary N) is 1. The summed E-state index contributed by atoms with van der Waals surface area (Å²) in [4.78, 5) is 13.2. The fourth-order valence-corrected chi connectivity index (χ4v) is 2.58. The van der Waals surface area contributed by atoms with Crippen LogP contribution in [0, 0.1) is 5.82 Å². The fraction of sp³-hybridized carbons (Fsp3) is 0.533. The molecule has 1 amide bonds. The van der Waals surface area contributed by atoms with Gasteiger partial charge in [-0.3, -0.25) is 4.79 Å². The fourth-order valence-electron chi connectivity index (χ4n) is 2.58. The highest BCUT2D eigenvalue weighted by Crippen LogP contribution is 2.18. The first-order chi connectivity index (χ1) is 9.54. The van der Waals surface area contributed by atoms with Crippen LogP contribution in [0.1, 0.15) is 31.4 Å². The van der Waals surface area contributed by atoms with Crippen LogP contribution in [0.25, 0.3) is 0 Å². The number of amides is 1. The van der Waals surface area contributed by atoms with Gasteiger partial charge in [0.1, 0.15) is 5.82 Å². The minimum atomic E-state index is -0.604. The highest BCUT2D eigenvalue weighted by Gasteiger charge is 2.21. The van der Waals surface area contributed by atoms with Crippen LogP contribution < -0.4 is 5.32 Å². The lowest BCUT2D eigenvalue weighted by molar-refractivity contribution is -0.120. The van der Waals surface area contributed by atoms with Crippen molar-refractivity contribution < 1.29 is 14.3 Å². The molecule has 1 atom stereocenters. The van der Waals surface area contributed by atoms with Gasteiger partial charge in [0.05, 0.1) is 6.10 Å². The van der Waals surface area contributed by atoms with Crippen molar-refractivity contribution in [3.63, 3.8) is 0 Å². The lowest BCUT2D eigenvalue weighted by atomic mass is 10.0. The quantitative estimate of drug-likeness (QED) is 0.878. The molecule has 1 fully saturated rings. The summed E-state index contributed by atoms with van der Waals surface area (Å²) in [6.07, 6.45) is 1.19. The Hall–Kier alpha value is -1.46. The zero-order valence-corrected chi connectivity index (χ0v) is 11.7. The highest BCUT2D eigenvalue weighted by molar-refractivity contribution is 5.73. The summed E-state index contributed by atoms with van der Waals surface area (Å²) in [5.41, 5.74) is 0.732. The van der Waals surface area contributed by atoms with E-state index in [9.17, 15) is 14.3 Å². The maximum absolute atomic E-state index is 12.8. The van der Waals surface area contributed by atoms with Gasteiger partial charge in [0, 0.05) is 32.6 Å². The Morgan fingerprint density at radius 2 is 2.00 bits per heavy atom. The molecule has 1 aromatic carbocycles. The number of hydrogen-bond donors (Lipinski definition) is 2. The summed E-state index contributed by atoms with van der Waals surface area (Å²) in [6.45, 7) is 3.77. The van der Waals surface area contributed by atoms with Gasteiger partial charge < -0.3 is 15.3 Å². The molecule has 0 bridgehead atoms. The second-order valence-corrected chi connectivity index (χ2v) is 5.34. The number of carbonyl (C=O) groups is 1. The highest BCUT2D eigenvalue weighted by atomic mass is 19.1. The summed E-state index contributed by atoms with van der Waals surface area (Å²) in [5, 5.41) is 13.1. The second-order valence-electron chi connectivity index (χ2n) is 5.34. The Balaban J connectivity index is 1.80. The van der Waals surface area contributed by atoms with E-state index in [1.807, 2.05) is 0 Å². The zero-order valence-electron chi connectivity index (χ0n) is 11.7. The standard InChI is InChI=1S/C15H21FN2O2/c1-11(19)17-14-6-8-18(9-7-14)10-15(20)12-2-4-13(16)5-3-12/h2-5,14-15,20H,6-10H2,1H3,(H,17,19). The average Bonchev–Trinajstić information content (AvgIpc) is 2.41. The van der Waals surface area contributed by atoms with Gasteiger partial charge in [-0.25, -0.2) is 4.39 Å². The van der Waals surface area contributed by atoms with Crippen molar-refractivity contribution in [2.75, 3.05) is 19.6 Å². The van der Waals surface area contributed by atoms with E-state index in [1.54, 1.807) is 12.1 Å². The minimum absolute atomic E-state index is 0.00907. The van der Waals surface area contributed by atoms with Crippen molar-refractivity contribution in [3.05, 3.63) is 35.6 Å². The molecule has 0 aromatic heterocycles. The van der Waals surface area contributed by atoms with Gasteiger partial charge >= 0.3 is 0 Å². The molecule has 0 saturated carbocycles. The van der Waals surface area contributed by atoms with E-state index in [2.05, 4.69) is 10.2 Å². The molecular weight excluding hydrogens is 259 g/mol. The molecule has 0 spiro atoms. The van der Waals surface area contributed by atoms with E-state index in [0.717, 1.165) is 31.5 Å². The number of rotatable bonds is 4. The lowest BCUT2D eigenvalue weighted by Gasteiger charge is -2.33. The van der Waals surface area contributed by atoms with E-state index < -0.39 is 6.10 Å². The normalized spacial score (nSPS) is 18.8. The average molecular weight is 280 g/mol. The summed E-state index contributed by atoms with van der Waals surface area (Å²) >= 11 is 0. The topological polar surface area (TPSA) is 52.6 Å². The predicted molar refractivity (Wildman–Crippen MR) is 74.6 cm³/mol. The lowest BCUT2D eigenvalue weighted by Crippen LogP contribution is -2.45. The molecule has 0 radical (unpaired) electrons. The van der Waals surface area contributed by atoms with Crippen LogP contribution >= 0.6 is 0 Å². The molecular formula is C15H21FN2O2. The van der Waals surface area contributed by atoms with Crippen molar-refractivity contribution in [3.8, 4) is 0 Å². The number of β-amino-alcohol motifs (C(OH)–C–C–N with tert-alkyl or cyclic N) is 1. The smallest absolute Gasteiger partial charge is 0.217 e. The number of benzene rings is 1. The first-order valence-corrected chi connectivity index (χ1v) is 6.97. The van der Waals surface area contributed by atoms with E-state index in [4.69, 9.17) is 0 Å². The number of carbonyl (C=O) groups excluding carboxylic acids is 1. The molecule has 1 aliphatic rings. The number of nitrogens with zero attached hydrogens (tertiary/aromatic N) is 1. The van der Waals surface area contributed by atoms with Crippen molar-refractivity contribution in [2.45, 2.75) is 31.9 Å². The van der Waals surface area contributed by atoms with Gasteiger partial charge in [-0.05, 0) is 30.5 Å². The number of halogens is 1. The Morgan fingerprint density at radius 3 is 2.55 bits per heavy atom. The van der Waals surface area contributed by atoms with E-state index >= 15 is 0 Å². The zero-order chi connectivity index (χ0) is 14.5. The molecule has 1 aromatic rings. The number of piperidine rings is 1. The number of aliphatic hydroxyl groups is 1. The third kappa shape index (κ3) is 4.28. The van der Waals surface area contributed by atoms with Crippen molar-refractivity contribution >= 4 is 5.91 Å². The largest absolute Gasteiger partial charge is 0.387 e. The van der Waals surface area contributed by atoms with Crippen LogP contribution in [0.2, 0.25) is 0 Å². The van der Waals surface area contributed by atoms with Gasteiger partial charge in [-0.15, -0.1) is 0 Å². The van der Waals surface area contributed by atoms with Crippen LogP contribution in [-0.4, -0.2) is 41.6 Å². The Kier molecular flexibility index (Phi) is 5.09. The minimum Gasteiger partial charge on any atom is -0.387 e. The molecule has 110 valence electrons. The summed E-state index contributed by atoms with van der Waals surface area (Å²) in [5.74, 6) is -0.285. The third-order valence-corrected chi connectivity index (χ3v) is 3.68. The molecule has 1 heterocycles. The van der Waals surface area contributed by atoms with Gasteiger partial charge in [0.25, 0.3) is 0 Å². The number of likely N-dealkylation sites (tertiary alicyclic amines) is 1. The van der Waals surface area contributed by atoms with Crippen molar-refractivity contribution in [1.29, 1.82) is 0 Å². The van der Waals surface area contributed by atoms with Crippen LogP contribution in [0.3, 0.4) is 0 Å². The molecule has 1 saturated heterocycles. The van der Waals surface area contributed by atoms with Crippen LogP contribution in [0.4, 0.5) is 4.39 Å². The van der Waals surface area contributed by atoms with Crippen molar-refractivity contribution in [2.24, 2.45) is 0 Å². The van der Waals surface area contributed by atoms with Gasteiger partial charge in [0.15, 0.2) is 0 Å². The molecule has 20 heavy (non-hydrogen) atoms. The van der Waals surface area contributed by atoms with E-state index in [1.165, 1.54) is 19.1 Å². The summed E-state index contributed by atoms with van der Waals surface area (Å²) < 4.78 is 12.8. The second kappa shape index (κ2) is 6.81. The first-order valence-electron chi connectivity index (χ1n) is 6.97. The third-order valence-electron chi connectivity index (χ3n) is 3.68. The van der Waals surface area contributed by atoms with Gasteiger partial charge in [-0.2, -0.15) is 0 Å². The van der Waals surface area contributed by atoms with Crippen LogP contribution in [0.15, 0.2) is 24.3 Å². The van der Waals surface area contributed by atoms with Crippen LogP contribution in [0.5, 0.6) is 0 Å². The van der Waals surface area contributed by atoms with Crippen LogP contribution in [-0.2, 0) is 4.79 Å². The van der Waals surface area contributed by atoms with E-state index in [-0.39, 0.29) is 17.8 Å². The molecule has 1 unspecified atom stereocenters. The van der Waals surface area contributed by atoms with Gasteiger partial charge in [0.2, 0.25) is 5.91 Å².